The zero-order chi connectivity index (χ0) is 24.1. The molecule has 0 bridgehead atoms. The van der Waals surface area contributed by atoms with Crippen LogP contribution in [0, 0.1) is 17.1 Å². The standard InChI is InChI=1S/C24H22ClFN2O5/c1-4-31-24(29)21-13(2)33-23(28)17(11-27)22(21)14-5-8-20(30-3)15(9-14)12-32-16-6-7-19(26)18(25)10-16/h5-10,22H,4,12,28H2,1-3H3/t22-/m1/s1. The van der Waals surface area contributed by atoms with Gasteiger partial charge in [-0.05, 0) is 43.7 Å². The highest BCUT2D eigenvalue weighted by atomic mass is 35.5. The second kappa shape index (κ2) is 10.3. The van der Waals surface area contributed by atoms with E-state index in [1.54, 1.807) is 32.0 Å². The number of ether oxygens (including phenoxy) is 4. The van der Waals surface area contributed by atoms with Crippen molar-refractivity contribution in [3.05, 3.63) is 81.2 Å². The summed E-state index contributed by atoms with van der Waals surface area (Å²) in [6.45, 7) is 3.49. The lowest BCUT2D eigenvalue weighted by atomic mass is 9.82. The number of carbonyl (C=O) groups is 1. The molecule has 0 saturated heterocycles. The average molecular weight is 473 g/mol. The van der Waals surface area contributed by atoms with Crippen molar-refractivity contribution in [2.45, 2.75) is 26.4 Å². The van der Waals surface area contributed by atoms with Gasteiger partial charge in [-0.25, -0.2) is 9.18 Å². The highest BCUT2D eigenvalue weighted by Gasteiger charge is 2.36. The van der Waals surface area contributed by atoms with E-state index in [1.807, 2.05) is 6.07 Å². The van der Waals surface area contributed by atoms with Crippen molar-refractivity contribution in [1.29, 1.82) is 5.26 Å². The highest BCUT2D eigenvalue weighted by Crippen LogP contribution is 2.41. The van der Waals surface area contributed by atoms with Crippen LogP contribution in [0.4, 0.5) is 4.39 Å². The van der Waals surface area contributed by atoms with E-state index in [2.05, 4.69) is 0 Å². The Labute approximate surface area is 195 Å². The zero-order valence-electron chi connectivity index (χ0n) is 18.3. The first kappa shape index (κ1) is 24.0. The van der Waals surface area contributed by atoms with E-state index in [4.69, 9.17) is 36.3 Å². The SMILES string of the molecule is CCOC(=O)C1=C(C)OC(N)=C(C#N)[C@H]1c1ccc(OC)c(COc2ccc(F)c(Cl)c2)c1. The number of nitrogens with two attached hydrogens (primary N) is 1. The fraction of sp³-hybridized carbons (Fsp3) is 0.250. The number of nitrogens with zero attached hydrogens (tertiary/aromatic N) is 1. The molecule has 0 amide bonds. The minimum absolute atomic E-state index is 0.0563. The van der Waals surface area contributed by atoms with Crippen molar-refractivity contribution in [3.8, 4) is 17.6 Å². The Hall–Kier alpha value is -3.70. The summed E-state index contributed by atoms with van der Waals surface area (Å²) in [6, 6.07) is 11.2. The van der Waals surface area contributed by atoms with Crippen molar-refractivity contribution in [2.75, 3.05) is 13.7 Å². The maximum atomic E-state index is 13.4. The van der Waals surface area contributed by atoms with Gasteiger partial charge in [0.05, 0.1) is 30.2 Å². The van der Waals surface area contributed by atoms with E-state index >= 15 is 0 Å². The lowest BCUT2D eigenvalue weighted by Gasteiger charge is -2.27. The first-order valence-corrected chi connectivity index (χ1v) is 10.4. The number of carbonyl (C=O) groups excluding carboxylic acids is 1. The summed E-state index contributed by atoms with van der Waals surface area (Å²) in [7, 11) is 1.51. The number of halogens is 2. The number of esters is 1. The monoisotopic (exact) mass is 472 g/mol. The average Bonchev–Trinajstić information content (AvgIpc) is 2.79. The van der Waals surface area contributed by atoms with E-state index in [0.717, 1.165) is 0 Å². The predicted octanol–water partition coefficient (Wildman–Crippen LogP) is 4.71. The smallest absolute Gasteiger partial charge is 0.338 e. The van der Waals surface area contributed by atoms with Gasteiger partial charge in [0.25, 0.3) is 0 Å². The molecule has 1 atom stereocenters. The molecular weight excluding hydrogens is 451 g/mol. The number of hydrogen-bond acceptors (Lipinski definition) is 7. The van der Waals surface area contributed by atoms with Crippen LogP contribution >= 0.6 is 11.6 Å². The first-order valence-electron chi connectivity index (χ1n) is 10.0. The van der Waals surface area contributed by atoms with Gasteiger partial charge in [0.1, 0.15) is 41.3 Å². The molecule has 0 fully saturated rings. The molecule has 2 N–H and O–H groups in total. The summed E-state index contributed by atoms with van der Waals surface area (Å²) in [5.41, 5.74) is 7.45. The summed E-state index contributed by atoms with van der Waals surface area (Å²) < 4.78 is 35.3. The quantitative estimate of drug-likeness (QED) is 0.582. The van der Waals surface area contributed by atoms with Gasteiger partial charge in [-0.1, -0.05) is 17.7 Å². The van der Waals surface area contributed by atoms with Crippen LogP contribution in [0.1, 0.15) is 30.9 Å². The first-order chi connectivity index (χ1) is 15.8. The summed E-state index contributed by atoms with van der Waals surface area (Å²) in [4.78, 5) is 12.7. The molecule has 1 aliphatic heterocycles. The number of nitriles is 1. The normalized spacial score (nSPS) is 15.6. The Morgan fingerprint density at radius 3 is 2.70 bits per heavy atom. The van der Waals surface area contributed by atoms with Crippen LogP contribution in [0.25, 0.3) is 0 Å². The number of hydrogen-bond donors (Lipinski definition) is 1. The van der Waals surface area contributed by atoms with Gasteiger partial charge < -0.3 is 24.7 Å². The molecule has 33 heavy (non-hydrogen) atoms. The van der Waals surface area contributed by atoms with Crippen LogP contribution in [-0.4, -0.2) is 19.7 Å². The largest absolute Gasteiger partial charge is 0.496 e. The molecule has 0 saturated carbocycles. The topological polar surface area (TPSA) is 104 Å². The van der Waals surface area contributed by atoms with E-state index in [0.29, 0.717) is 22.6 Å². The molecule has 1 aliphatic rings. The van der Waals surface area contributed by atoms with Crippen LogP contribution in [0.15, 0.2) is 59.2 Å². The van der Waals surface area contributed by atoms with Crippen molar-refractivity contribution in [1.82, 2.24) is 0 Å². The molecule has 0 radical (unpaired) electrons. The molecule has 2 aromatic rings. The fourth-order valence-electron chi connectivity index (χ4n) is 3.51. The van der Waals surface area contributed by atoms with Crippen molar-refractivity contribution >= 4 is 17.6 Å². The maximum Gasteiger partial charge on any atom is 0.338 e. The molecular formula is C24H22ClFN2O5. The Kier molecular flexibility index (Phi) is 7.46. The molecule has 3 rings (SSSR count). The van der Waals surface area contributed by atoms with Crippen LogP contribution in [-0.2, 0) is 20.9 Å². The van der Waals surface area contributed by atoms with Gasteiger partial charge in [-0.2, -0.15) is 5.26 Å². The number of allylic oxidation sites excluding steroid dienone is 2. The number of benzene rings is 2. The third kappa shape index (κ3) is 5.04. The summed E-state index contributed by atoms with van der Waals surface area (Å²) in [5.74, 6) is -0.891. The second-order valence-electron chi connectivity index (χ2n) is 7.05. The predicted molar refractivity (Wildman–Crippen MR) is 119 cm³/mol. The fourth-order valence-corrected chi connectivity index (χ4v) is 3.68. The lowest BCUT2D eigenvalue weighted by molar-refractivity contribution is -0.139. The molecule has 0 aromatic heterocycles. The van der Waals surface area contributed by atoms with Gasteiger partial charge in [0.2, 0.25) is 5.88 Å². The van der Waals surface area contributed by atoms with Crippen LogP contribution in [0.3, 0.4) is 0 Å². The van der Waals surface area contributed by atoms with Crippen molar-refractivity contribution in [3.63, 3.8) is 0 Å². The number of rotatable bonds is 7. The van der Waals surface area contributed by atoms with Crippen LogP contribution in [0.2, 0.25) is 5.02 Å². The Morgan fingerprint density at radius 2 is 2.06 bits per heavy atom. The van der Waals surface area contributed by atoms with Crippen molar-refractivity contribution < 1.29 is 28.1 Å². The van der Waals surface area contributed by atoms with Gasteiger partial charge in [0, 0.05) is 11.6 Å². The lowest BCUT2D eigenvalue weighted by Crippen LogP contribution is -2.25. The van der Waals surface area contributed by atoms with E-state index in [-0.39, 0.29) is 41.0 Å². The van der Waals surface area contributed by atoms with E-state index in [9.17, 15) is 14.4 Å². The minimum Gasteiger partial charge on any atom is -0.496 e. The Bertz CT molecular complexity index is 1190. The van der Waals surface area contributed by atoms with E-state index in [1.165, 1.54) is 25.3 Å². The minimum atomic E-state index is -0.798. The molecule has 1 heterocycles. The van der Waals surface area contributed by atoms with Crippen LogP contribution < -0.4 is 15.2 Å². The molecule has 7 nitrogen and oxygen atoms in total. The molecule has 0 spiro atoms. The third-order valence-corrected chi connectivity index (χ3v) is 5.31. The van der Waals surface area contributed by atoms with Gasteiger partial charge in [-0.15, -0.1) is 0 Å². The number of methoxy groups -OCH3 is 1. The molecule has 9 heteroatoms. The van der Waals surface area contributed by atoms with Crippen LogP contribution in [0.5, 0.6) is 11.5 Å². The van der Waals surface area contributed by atoms with Gasteiger partial charge >= 0.3 is 5.97 Å². The molecule has 172 valence electrons. The molecule has 0 unspecified atom stereocenters. The third-order valence-electron chi connectivity index (χ3n) is 5.02. The summed E-state index contributed by atoms with van der Waals surface area (Å²) >= 11 is 5.82. The Morgan fingerprint density at radius 1 is 1.30 bits per heavy atom. The summed E-state index contributed by atoms with van der Waals surface area (Å²) in [6.07, 6.45) is 0. The van der Waals surface area contributed by atoms with E-state index < -0.39 is 17.7 Å². The zero-order valence-corrected chi connectivity index (χ0v) is 19.0. The summed E-state index contributed by atoms with van der Waals surface area (Å²) in [5, 5.41) is 9.68. The van der Waals surface area contributed by atoms with Gasteiger partial charge in [0.15, 0.2) is 0 Å². The Balaban J connectivity index is 2.02. The molecule has 2 aromatic carbocycles. The second-order valence-corrected chi connectivity index (χ2v) is 7.46. The van der Waals surface area contributed by atoms with Gasteiger partial charge in [-0.3, -0.25) is 0 Å². The maximum absolute atomic E-state index is 13.4. The molecule has 0 aliphatic carbocycles. The van der Waals surface area contributed by atoms with Crippen molar-refractivity contribution in [2.24, 2.45) is 5.73 Å². The highest BCUT2D eigenvalue weighted by molar-refractivity contribution is 6.30.